The molecule has 2 N–H and O–H groups in total. The van der Waals surface area contributed by atoms with Crippen molar-refractivity contribution in [3.63, 3.8) is 0 Å². The molecule has 1 saturated heterocycles. The van der Waals surface area contributed by atoms with Gasteiger partial charge < -0.3 is 15.3 Å². The van der Waals surface area contributed by atoms with Crippen LogP contribution in [-0.2, 0) is 9.59 Å². The predicted octanol–water partition coefficient (Wildman–Crippen LogP) is 2.97. The molecule has 2 fully saturated rings. The van der Waals surface area contributed by atoms with Crippen LogP contribution in [0.25, 0.3) is 0 Å². The number of piperazine rings is 1. The van der Waals surface area contributed by atoms with E-state index in [2.05, 4.69) is 17.1 Å². The number of hydrogen-bond donors (Lipinski definition) is 2. The molecular formula is C21H29N3O3. The number of nitrogens with zero attached hydrogens (tertiary/aromatic N) is 2. The van der Waals surface area contributed by atoms with Crippen molar-refractivity contribution in [1.82, 2.24) is 4.90 Å². The fourth-order valence-electron chi connectivity index (χ4n) is 3.75. The van der Waals surface area contributed by atoms with Gasteiger partial charge in [-0.15, -0.1) is 0 Å². The van der Waals surface area contributed by atoms with Gasteiger partial charge in [-0.3, -0.25) is 14.5 Å². The minimum atomic E-state index is -0.777. The monoisotopic (exact) mass is 371 g/mol. The highest BCUT2D eigenvalue weighted by Crippen LogP contribution is 2.27. The molecule has 0 radical (unpaired) electrons. The van der Waals surface area contributed by atoms with E-state index in [0.717, 1.165) is 56.3 Å². The number of allylic oxidation sites excluding steroid dienone is 1. The maximum atomic E-state index is 12.2. The standard InChI is InChI=1S/C21H29N3O3/c1-16-2-4-17(5-3-16)14-20(25)22-18-6-8-19(9-7-18)24-12-10-23(11-13-24)15-21(26)27/h6-9,14,16H,2-5,10-13,15H2,1H3,(H,22,25)(H,26,27). The van der Waals surface area contributed by atoms with E-state index in [1.54, 1.807) is 6.08 Å². The summed E-state index contributed by atoms with van der Waals surface area (Å²) in [6, 6.07) is 7.88. The molecule has 1 heterocycles. The number of benzene rings is 1. The SMILES string of the molecule is CC1CCC(=CC(=O)Nc2ccc(N3CCN(CC(=O)O)CC3)cc2)CC1. The molecule has 146 valence electrons. The molecule has 0 atom stereocenters. The molecule has 1 amide bonds. The molecule has 0 unspecified atom stereocenters. The first-order chi connectivity index (χ1) is 13.0. The van der Waals surface area contributed by atoms with E-state index in [4.69, 9.17) is 5.11 Å². The van der Waals surface area contributed by atoms with Crippen LogP contribution in [0.4, 0.5) is 11.4 Å². The van der Waals surface area contributed by atoms with Crippen LogP contribution in [0.15, 0.2) is 35.9 Å². The van der Waals surface area contributed by atoms with E-state index in [0.29, 0.717) is 0 Å². The topological polar surface area (TPSA) is 72.9 Å². The van der Waals surface area contributed by atoms with Crippen molar-refractivity contribution in [3.05, 3.63) is 35.9 Å². The average molecular weight is 371 g/mol. The third kappa shape index (κ3) is 5.82. The van der Waals surface area contributed by atoms with Crippen molar-refractivity contribution in [2.45, 2.75) is 32.6 Å². The summed E-state index contributed by atoms with van der Waals surface area (Å²) in [5, 5.41) is 11.8. The highest BCUT2D eigenvalue weighted by atomic mass is 16.4. The zero-order valence-corrected chi connectivity index (χ0v) is 16.0. The van der Waals surface area contributed by atoms with Crippen molar-refractivity contribution in [3.8, 4) is 0 Å². The summed E-state index contributed by atoms with van der Waals surface area (Å²) < 4.78 is 0. The summed E-state index contributed by atoms with van der Waals surface area (Å²) in [5.41, 5.74) is 3.15. The van der Waals surface area contributed by atoms with E-state index >= 15 is 0 Å². The Kier molecular flexibility index (Phi) is 6.50. The van der Waals surface area contributed by atoms with Gasteiger partial charge in [-0.05, 0) is 55.9 Å². The number of carboxylic acids is 1. The number of carboxylic acid groups (broad SMARTS) is 1. The Hall–Kier alpha value is -2.34. The fraction of sp³-hybridized carbons (Fsp3) is 0.524. The second-order valence-corrected chi connectivity index (χ2v) is 7.68. The maximum absolute atomic E-state index is 12.2. The van der Waals surface area contributed by atoms with Crippen molar-refractivity contribution in [1.29, 1.82) is 0 Å². The molecule has 6 heteroatoms. The Morgan fingerprint density at radius 1 is 1.11 bits per heavy atom. The third-order valence-corrected chi connectivity index (χ3v) is 5.48. The number of nitrogens with one attached hydrogen (secondary N) is 1. The lowest BCUT2D eigenvalue weighted by molar-refractivity contribution is -0.138. The first kappa shape index (κ1) is 19.4. The smallest absolute Gasteiger partial charge is 0.317 e. The van der Waals surface area contributed by atoms with Crippen molar-refractivity contribution in [2.24, 2.45) is 5.92 Å². The first-order valence-corrected chi connectivity index (χ1v) is 9.79. The zero-order chi connectivity index (χ0) is 19.2. The van der Waals surface area contributed by atoms with Crippen LogP contribution in [0, 0.1) is 5.92 Å². The van der Waals surface area contributed by atoms with Gasteiger partial charge in [0, 0.05) is 43.6 Å². The summed E-state index contributed by atoms with van der Waals surface area (Å²) in [5.74, 6) is -0.0559. The lowest BCUT2D eigenvalue weighted by Crippen LogP contribution is -2.47. The van der Waals surface area contributed by atoms with E-state index < -0.39 is 5.97 Å². The van der Waals surface area contributed by atoms with Crippen LogP contribution in [-0.4, -0.2) is 54.6 Å². The molecule has 1 aliphatic carbocycles. The van der Waals surface area contributed by atoms with Gasteiger partial charge in [0.1, 0.15) is 0 Å². The molecule has 0 spiro atoms. The molecule has 1 saturated carbocycles. The minimum absolute atomic E-state index is 0.0467. The van der Waals surface area contributed by atoms with Gasteiger partial charge in [0.2, 0.25) is 5.91 Å². The summed E-state index contributed by atoms with van der Waals surface area (Å²) in [6.45, 7) is 5.48. The molecule has 0 bridgehead atoms. The highest BCUT2D eigenvalue weighted by molar-refractivity contribution is 5.99. The molecule has 6 nitrogen and oxygen atoms in total. The number of anilines is 2. The first-order valence-electron chi connectivity index (χ1n) is 9.79. The van der Waals surface area contributed by atoms with Gasteiger partial charge in [0.05, 0.1) is 6.54 Å². The molecule has 0 aromatic heterocycles. The highest BCUT2D eigenvalue weighted by Gasteiger charge is 2.19. The summed E-state index contributed by atoms with van der Waals surface area (Å²) in [6.07, 6.45) is 6.17. The van der Waals surface area contributed by atoms with Gasteiger partial charge in [-0.2, -0.15) is 0 Å². The van der Waals surface area contributed by atoms with E-state index in [1.807, 2.05) is 29.2 Å². The number of carbonyl (C=O) groups is 2. The van der Waals surface area contributed by atoms with E-state index in [9.17, 15) is 9.59 Å². The minimum Gasteiger partial charge on any atom is -0.480 e. The number of hydrogen-bond acceptors (Lipinski definition) is 4. The Labute approximate surface area is 160 Å². The number of aliphatic carboxylic acids is 1. The third-order valence-electron chi connectivity index (χ3n) is 5.48. The predicted molar refractivity (Wildman–Crippen MR) is 107 cm³/mol. The zero-order valence-electron chi connectivity index (χ0n) is 16.0. The lowest BCUT2D eigenvalue weighted by atomic mass is 9.87. The van der Waals surface area contributed by atoms with Crippen LogP contribution in [0.5, 0.6) is 0 Å². The number of amides is 1. The molecule has 1 aromatic rings. The van der Waals surface area contributed by atoms with Crippen LogP contribution in [0.1, 0.15) is 32.6 Å². The van der Waals surface area contributed by atoms with E-state index in [-0.39, 0.29) is 12.5 Å². The maximum Gasteiger partial charge on any atom is 0.317 e. The molecular weight excluding hydrogens is 342 g/mol. The Morgan fingerprint density at radius 3 is 2.33 bits per heavy atom. The van der Waals surface area contributed by atoms with Gasteiger partial charge in [0.15, 0.2) is 0 Å². The Bertz CT molecular complexity index is 681. The van der Waals surface area contributed by atoms with Gasteiger partial charge in [0.25, 0.3) is 0 Å². The Balaban J connectivity index is 1.50. The molecule has 1 aliphatic heterocycles. The summed E-state index contributed by atoms with van der Waals surface area (Å²) in [7, 11) is 0. The van der Waals surface area contributed by atoms with Crippen LogP contribution in [0.3, 0.4) is 0 Å². The number of carbonyl (C=O) groups excluding carboxylic acids is 1. The normalized spacial score (nSPS) is 21.0. The molecule has 27 heavy (non-hydrogen) atoms. The average Bonchev–Trinajstić information content (AvgIpc) is 2.64. The van der Waals surface area contributed by atoms with E-state index in [1.165, 1.54) is 18.4 Å². The van der Waals surface area contributed by atoms with Gasteiger partial charge >= 0.3 is 5.97 Å². The van der Waals surface area contributed by atoms with Crippen LogP contribution < -0.4 is 10.2 Å². The summed E-state index contributed by atoms with van der Waals surface area (Å²) in [4.78, 5) is 27.2. The lowest BCUT2D eigenvalue weighted by Gasteiger charge is -2.35. The number of rotatable bonds is 5. The van der Waals surface area contributed by atoms with Crippen molar-refractivity contribution in [2.75, 3.05) is 42.9 Å². The molecule has 1 aromatic carbocycles. The quantitative estimate of drug-likeness (QED) is 0.779. The largest absolute Gasteiger partial charge is 0.480 e. The van der Waals surface area contributed by atoms with Crippen LogP contribution >= 0.6 is 0 Å². The van der Waals surface area contributed by atoms with Crippen molar-refractivity contribution < 1.29 is 14.7 Å². The van der Waals surface area contributed by atoms with Gasteiger partial charge in [-0.25, -0.2) is 0 Å². The second-order valence-electron chi connectivity index (χ2n) is 7.68. The Morgan fingerprint density at radius 2 is 1.74 bits per heavy atom. The van der Waals surface area contributed by atoms with Gasteiger partial charge in [-0.1, -0.05) is 12.5 Å². The van der Waals surface area contributed by atoms with Crippen LogP contribution in [0.2, 0.25) is 0 Å². The second kappa shape index (κ2) is 9.04. The summed E-state index contributed by atoms with van der Waals surface area (Å²) >= 11 is 0. The molecule has 2 aliphatic rings. The fourth-order valence-corrected chi connectivity index (χ4v) is 3.75. The van der Waals surface area contributed by atoms with Crippen molar-refractivity contribution >= 4 is 23.3 Å². The molecule has 3 rings (SSSR count).